The average molecular weight is 281 g/mol. The van der Waals surface area contributed by atoms with Crippen molar-refractivity contribution in [2.24, 2.45) is 0 Å². The van der Waals surface area contributed by atoms with Crippen LogP contribution in [-0.4, -0.2) is 33.2 Å². The molecule has 0 saturated carbocycles. The second-order valence-corrected chi connectivity index (χ2v) is 5.61. The zero-order chi connectivity index (χ0) is 13.1. The molecular weight excluding hydrogens is 268 g/mol. The Hall–Kier alpha value is -0.890. The maximum Gasteiger partial charge on any atom is 0.266 e. The Kier molecular flexibility index (Phi) is 4.70. The van der Waals surface area contributed by atoms with Crippen LogP contribution in [0.3, 0.4) is 0 Å². The summed E-state index contributed by atoms with van der Waals surface area (Å²) in [4.78, 5) is 13.1. The fourth-order valence-corrected chi connectivity index (χ4v) is 2.67. The molecular formula is C9H13ClN2O4S. The molecule has 17 heavy (non-hydrogen) atoms. The van der Waals surface area contributed by atoms with Crippen molar-refractivity contribution in [2.45, 2.75) is 17.9 Å². The molecule has 2 N–H and O–H groups in total. The van der Waals surface area contributed by atoms with Gasteiger partial charge in [-0.05, 0) is 13.0 Å². The summed E-state index contributed by atoms with van der Waals surface area (Å²) in [5, 5.41) is -0.174. The lowest BCUT2D eigenvalue weighted by Crippen LogP contribution is -2.35. The molecule has 0 bridgehead atoms. The number of pyridine rings is 1. The second kappa shape index (κ2) is 5.63. The van der Waals surface area contributed by atoms with Gasteiger partial charge in [0.25, 0.3) is 5.56 Å². The van der Waals surface area contributed by atoms with Gasteiger partial charge in [0.2, 0.25) is 10.0 Å². The Labute approximate surface area is 104 Å². The molecule has 8 heteroatoms. The van der Waals surface area contributed by atoms with Crippen molar-refractivity contribution >= 4 is 21.6 Å². The van der Waals surface area contributed by atoms with Gasteiger partial charge < -0.3 is 9.72 Å². The fraction of sp³-hybridized carbons (Fsp3) is 0.444. The maximum atomic E-state index is 11.8. The van der Waals surface area contributed by atoms with Gasteiger partial charge in [-0.1, -0.05) is 11.6 Å². The molecule has 0 aliphatic rings. The number of aromatic nitrogens is 1. The Balaban J connectivity index is 2.97. The van der Waals surface area contributed by atoms with Crippen LogP contribution in [0.5, 0.6) is 0 Å². The van der Waals surface area contributed by atoms with Crippen molar-refractivity contribution in [3.8, 4) is 0 Å². The largest absolute Gasteiger partial charge is 0.383 e. The first-order valence-electron chi connectivity index (χ1n) is 4.76. The lowest BCUT2D eigenvalue weighted by atomic mass is 10.4. The smallest absolute Gasteiger partial charge is 0.266 e. The minimum Gasteiger partial charge on any atom is -0.383 e. The Morgan fingerprint density at radius 3 is 2.76 bits per heavy atom. The van der Waals surface area contributed by atoms with E-state index in [4.69, 9.17) is 16.3 Å². The van der Waals surface area contributed by atoms with Gasteiger partial charge in [0.1, 0.15) is 5.02 Å². The number of hydrogen-bond donors (Lipinski definition) is 2. The van der Waals surface area contributed by atoms with Crippen LogP contribution >= 0.6 is 11.6 Å². The lowest BCUT2D eigenvalue weighted by molar-refractivity contribution is 0.180. The van der Waals surface area contributed by atoms with Crippen molar-refractivity contribution in [1.82, 2.24) is 9.71 Å². The molecule has 1 atom stereocenters. The zero-order valence-electron chi connectivity index (χ0n) is 9.36. The van der Waals surface area contributed by atoms with E-state index in [1.807, 2.05) is 0 Å². The second-order valence-electron chi connectivity index (χ2n) is 3.49. The third kappa shape index (κ3) is 3.81. The predicted octanol–water partition coefficient (Wildman–Crippen LogP) is 0.341. The summed E-state index contributed by atoms with van der Waals surface area (Å²) in [5.41, 5.74) is -0.532. The molecule has 0 fully saturated rings. The summed E-state index contributed by atoms with van der Waals surface area (Å²) >= 11 is 5.56. The molecule has 0 aliphatic carbocycles. The number of halogens is 1. The van der Waals surface area contributed by atoms with E-state index in [1.165, 1.54) is 7.11 Å². The highest BCUT2D eigenvalue weighted by atomic mass is 35.5. The molecule has 0 radical (unpaired) electrons. The first-order valence-corrected chi connectivity index (χ1v) is 6.62. The maximum absolute atomic E-state index is 11.8. The SMILES string of the molecule is COCC(C)NS(=O)(=O)c1c[nH]c(=O)c(Cl)c1. The van der Waals surface area contributed by atoms with Crippen molar-refractivity contribution in [3.63, 3.8) is 0 Å². The summed E-state index contributed by atoms with van der Waals surface area (Å²) in [5.74, 6) is 0. The van der Waals surface area contributed by atoms with E-state index in [0.717, 1.165) is 12.3 Å². The van der Waals surface area contributed by atoms with Gasteiger partial charge in [0.05, 0.1) is 11.5 Å². The van der Waals surface area contributed by atoms with Gasteiger partial charge in [0.15, 0.2) is 0 Å². The fourth-order valence-electron chi connectivity index (χ4n) is 1.21. The molecule has 6 nitrogen and oxygen atoms in total. The van der Waals surface area contributed by atoms with Gasteiger partial charge in [-0.25, -0.2) is 13.1 Å². The van der Waals surface area contributed by atoms with E-state index in [-0.39, 0.29) is 22.6 Å². The molecule has 1 heterocycles. The topological polar surface area (TPSA) is 88.3 Å². The monoisotopic (exact) mass is 280 g/mol. The zero-order valence-corrected chi connectivity index (χ0v) is 10.9. The highest BCUT2D eigenvalue weighted by molar-refractivity contribution is 7.89. The quantitative estimate of drug-likeness (QED) is 0.814. The van der Waals surface area contributed by atoms with E-state index in [0.29, 0.717) is 0 Å². The molecule has 0 amide bonds. The Bertz CT molecular complexity index is 540. The van der Waals surface area contributed by atoms with Crippen LogP contribution in [0.15, 0.2) is 22.0 Å². The normalized spacial score (nSPS) is 13.6. The van der Waals surface area contributed by atoms with Gasteiger partial charge in [-0.3, -0.25) is 4.79 Å². The molecule has 1 aromatic rings. The van der Waals surface area contributed by atoms with Crippen LogP contribution in [0, 0.1) is 0 Å². The van der Waals surface area contributed by atoms with Crippen molar-refractivity contribution in [2.75, 3.05) is 13.7 Å². The van der Waals surface area contributed by atoms with E-state index >= 15 is 0 Å². The molecule has 1 rings (SSSR count). The Morgan fingerprint density at radius 2 is 2.24 bits per heavy atom. The molecule has 1 unspecified atom stereocenters. The minimum absolute atomic E-state index is 0.0925. The van der Waals surface area contributed by atoms with Gasteiger partial charge in [-0.15, -0.1) is 0 Å². The molecule has 0 aliphatic heterocycles. The highest BCUT2D eigenvalue weighted by Crippen LogP contribution is 2.10. The molecule has 0 saturated heterocycles. The molecule has 0 aromatic carbocycles. The number of hydrogen-bond acceptors (Lipinski definition) is 4. The van der Waals surface area contributed by atoms with Crippen molar-refractivity contribution in [1.29, 1.82) is 0 Å². The summed E-state index contributed by atoms with van der Waals surface area (Å²) < 4.78 is 30.9. The van der Waals surface area contributed by atoms with Crippen LogP contribution in [0.2, 0.25) is 5.02 Å². The third-order valence-corrected chi connectivity index (χ3v) is 3.76. The number of rotatable bonds is 5. The van der Waals surface area contributed by atoms with Gasteiger partial charge in [-0.2, -0.15) is 0 Å². The van der Waals surface area contributed by atoms with E-state index in [2.05, 4.69) is 9.71 Å². The average Bonchev–Trinajstić information content (AvgIpc) is 2.21. The van der Waals surface area contributed by atoms with E-state index in [1.54, 1.807) is 6.92 Å². The third-order valence-electron chi connectivity index (χ3n) is 1.91. The summed E-state index contributed by atoms with van der Waals surface area (Å²) in [7, 11) is -2.23. The predicted molar refractivity (Wildman–Crippen MR) is 63.7 cm³/mol. The van der Waals surface area contributed by atoms with Crippen LogP contribution in [0.1, 0.15) is 6.92 Å². The van der Waals surface area contributed by atoms with Gasteiger partial charge >= 0.3 is 0 Å². The number of sulfonamides is 1. The lowest BCUT2D eigenvalue weighted by Gasteiger charge is -2.12. The van der Waals surface area contributed by atoms with E-state index in [9.17, 15) is 13.2 Å². The summed E-state index contributed by atoms with van der Waals surface area (Å²) in [6.07, 6.45) is 1.09. The standard InChI is InChI=1S/C9H13ClN2O4S/c1-6(5-16-2)12-17(14,15)7-3-8(10)9(13)11-4-7/h3-4,6,12H,5H2,1-2H3,(H,11,13). The number of aromatic amines is 1. The van der Waals surface area contributed by atoms with Crippen LogP contribution < -0.4 is 10.3 Å². The number of methoxy groups -OCH3 is 1. The molecule has 96 valence electrons. The number of H-pyrrole nitrogens is 1. The van der Waals surface area contributed by atoms with Crippen molar-refractivity contribution < 1.29 is 13.2 Å². The van der Waals surface area contributed by atoms with Crippen LogP contribution in [0.25, 0.3) is 0 Å². The highest BCUT2D eigenvalue weighted by Gasteiger charge is 2.18. The van der Waals surface area contributed by atoms with E-state index < -0.39 is 15.6 Å². The van der Waals surface area contributed by atoms with Crippen LogP contribution in [0.4, 0.5) is 0 Å². The van der Waals surface area contributed by atoms with Gasteiger partial charge in [0, 0.05) is 19.3 Å². The number of ether oxygens (including phenoxy) is 1. The molecule has 1 aromatic heterocycles. The summed E-state index contributed by atoms with van der Waals surface area (Å²) in [6, 6.07) is 0.720. The Morgan fingerprint density at radius 1 is 1.59 bits per heavy atom. The first kappa shape index (κ1) is 14.2. The number of nitrogens with one attached hydrogen (secondary N) is 2. The minimum atomic E-state index is -3.71. The summed E-state index contributed by atoms with van der Waals surface area (Å²) in [6.45, 7) is 1.91. The molecule has 0 spiro atoms. The van der Waals surface area contributed by atoms with Crippen LogP contribution in [-0.2, 0) is 14.8 Å². The first-order chi connectivity index (χ1) is 7.86. The van der Waals surface area contributed by atoms with Crippen molar-refractivity contribution in [3.05, 3.63) is 27.6 Å².